The lowest BCUT2D eigenvalue weighted by atomic mass is 10.1. The Morgan fingerprint density at radius 1 is 1.12 bits per heavy atom. The molecule has 0 spiro atoms. The molecule has 0 N–H and O–H groups in total. The molecule has 0 fully saturated rings. The number of hydrogen-bond donors (Lipinski definition) is 0. The van der Waals surface area contributed by atoms with Gasteiger partial charge in [0.1, 0.15) is 5.69 Å². The van der Waals surface area contributed by atoms with Gasteiger partial charge < -0.3 is 0 Å². The molecule has 0 atom stereocenters. The van der Waals surface area contributed by atoms with Crippen molar-refractivity contribution >= 4 is 27.2 Å². The van der Waals surface area contributed by atoms with E-state index in [0.29, 0.717) is 5.82 Å². The Balaban J connectivity index is 1.70. The summed E-state index contributed by atoms with van der Waals surface area (Å²) in [5.41, 5.74) is 3.74. The van der Waals surface area contributed by atoms with Gasteiger partial charge in [0.2, 0.25) is 10.8 Å². The molecule has 4 aromatic heterocycles. The molecule has 1 aromatic carbocycles. The SMILES string of the molecule is Cc1cc2ccccc2nc1-c1nnc2sc(-c3cnn(C)c3)nn12. The minimum absolute atomic E-state index is 0.657. The fourth-order valence-corrected chi connectivity index (χ4v) is 3.68. The molecular weight excluding hydrogens is 334 g/mol. The van der Waals surface area contributed by atoms with Crippen molar-refractivity contribution in [3.05, 3.63) is 48.3 Å². The van der Waals surface area contributed by atoms with Crippen LogP contribution < -0.4 is 0 Å². The van der Waals surface area contributed by atoms with E-state index in [0.717, 1.165) is 37.7 Å². The topological polar surface area (TPSA) is 73.8 Å². The minimum Gasteiger partial charge on any atom is -0.275 e. The van der Waals surface area contributed by atoms with Gasteiger partial charge in [0.15, 0.2) is 5.01 Å². The van der Waals surface area contributed by atoms with Gasteiger partial charge in [-0.3, -0.25) is 4.68 Å². The second-order valence-electron chi connectivity index (χ2n) is 5.87. The monoisotopic (exact) mass is 347 g/mol. The smallest absolute Gasteiger partial charge is 0.235 e. The van der Waals surface area contributed by atoms with Gasteiger partial charge in [-0.1, -0.05) is 29.5 Å². The molecule has 122 valence electrons. The molecule has 0 bridgehead atoms. The number of rotatable bonds is 2. The van der Waals surface area contributed by atoms with Crippen molar-refractivity contribution in [3.8, 4) is 22.1 Å². The fraction of sp³-hybridized carbons (Fsp3) is 0.118. The number of aromatic nitrogens is 7. The van der Waals surface area contributed by atoms with Crippen LogP contribution in [0.4, 0.5) is 0 Å². The molecule has 0 aliphatic rings. The number of benzene rings is 1. The largest absolute Gasteiger partial charge is 0.275 e. The lowest BCUT2D eigenvalue weighted by Crippen LogP contribution is -1.96. The summed E-state index contributed by atoms with van der Waals surface area (Å²) in [4.78, 5) is 5.52. The van der Waals surface area contributed by atoms with Crippen molar-refractivity contribution in [2.24, 2.45) is 7.05 Å². The molecule has 7 nitrogen and oxygen atoms in total. The van der Waals surface area contributed by atoms with Crippen LogP contribution in [0.5, 0.6) is 0 Å². The van der Waals surface area contributed by atoms with Crippen molar-refractivity contribution in [1.82, 2.24) is 34.6 Å². The van der Waals surface area contributed by atoms with Crippen LogP contribution in [0.15, 0.2) is 42.7 Å². The minimum atomic E-state index is 0.657. The summed E-state index contributed by atoms with van der Waals surface area (Å²) < 4.78 is 3.52. The highest BCUT2D eigenvalue weighted by Crippen LogP contribution is 2.29. The highest BCUT2D eigenvalue weighted by atomic mass is 32.1. The average Bonchev–Trinajstić information content (AvgIpc) is 3.29. The van der Waals surface area contributed by atoms with E-state index in [2.05, 4.69) is 32.5 Å². The zero-order valence-corrected chi connectivity index (χ0v) is 14.4. The Morgan fingerprint density at radius 2 is 2.00 bits per heavy atom. The molecule has 0 saturated heterocycles. The van der Waals surface area contributed by atoms with Crippen molar-refractivity contribution in [2.75, 3.05) is 0 Å². The summed E-state index contributed by atoms with van der Waals surface area (Å²) in [6.07, 6.45) is 3.73. The molecule has 25 heavy (non-hydrogen) atoms. The van der Waals surface area contributed by atoms with Crippen LogP contribution >= 0.6 is 11.3 Å². The number of hydrogen-bond acceptors (Lipinski definition) is 6. The molecule has 0 amide bonds. The lowest BCUT2D eigenvalue weighted by molar-refractivity contribution is 0.768. The number of fused-ring (bicyclic) bond motifs is 2. The zero-order chi connectivity index (χ0) is 17.0. The van der Waals surface area contributed by atoms with E-state index in [4.69, 9.17) is 4.98 Å². The van der Waals surface area contributed by atoms with Crippen LogP contribution in [0.2, 0.25) is 0 Å². The van der Waals surface area contributed by atoms with Crippen LogP contribution in [-0.4, -0.2) is 34.6 Å². The van der Waals surface area contributed by atoms with Gasteiger partial charge >= 0.3 is 0 Å². The molecule has 8 heteroatoms. The second-order valence-corrected chi connectivity index (χ2v) is 6.83. The highest BCUT2D eigenvalue weighted by Gasteiger charge is 2.18. The van der Waals surface area contributed by atoms with E-state index in [9.17, 15) is 0 Å². The standard InChI is InChI=1S/C17H13N7S/c1-10-7-11-5-3-4-6-13(11)19-14(10)15-20-21-17-24(15)22-16(25-17)12-8-18-23(2)9-12/h3-9H,1-2H3. The Kier molecular flexibility index (Phi) is 2.95. The maximum atomic E-state index is 4.78. The first-order chi connectivity index (χ1) is 12.2. The van der Waals surface area contributed by atoms with Gasteiger partial charge in [-0.05, 0) is 24.6 Å². The van der Waals surface area contributed by atoms with E-state index in [1.54, 1.807) is 15.4 Å². The average molecular weight is 347 g/mol. The van der Waals surface area contributed by atoms with Gasteiger partial charge in [-0.25, -0.2) is 4.98 Å². The van der Waals surface area contributed by atoms with E-state index in [1.807, 2.05) is 38.4 Å². The van der Waals surface area contributed by atoms with Crippen LogP contribution in [-0.2, 0) is 7.05 Å². The molecule has 0 saturated carbocycles. The number of pyridine rings is 1. The predicted octanol–water partition coefficient (Wildman–Crippen LogP) is 3.11. The molecule has 0 aliphatic heterocycles. The summed E-state index contributed by atoms with van der Waals surface area (Å²) in [6, 6.07) is 10.2. The molecule has 0 radical (unpaired) electrons. The quantitative estimate of drug-likeness (QED) is 0.490. The third-order valence-corrected chi connectivity index (χ3v) is 5.02. The Hall–Kier alpha value is -3.13. The highest BCUT2D eigenvalue weighted by molar-refractivity contribution is 7.19. The normalized spacial score (nSPS) is 11.6. The molecule has 5 rings (SSSR count). The molecule has 0 unspecified atom stereocenters. The Bertz CT molecular complexity index is 1230. The van der Waals surface area contributed by atoms with E-state index in [-0.39, 0.29) is 0 Å². The number of aryl methyl sites for hydroxylation is 2. The molecule has 4 heterocycles. The molecule has 5 aromatic rings. The first kappa shape index (κ1) is 14.2. The van der Waals surface area contributed by atoms with Crippen LogP contribution in [0.25, 0.3) is 38.0 Å². The molecular formula is C17H13N7S. The third-order valence-electron chi connectivity index (χ3n) is 4.07. The second kappa shape index (κ2) is 5.18. The van der Waals surface area contributed by atoms with Gasteiger partial charge in [0.05, 0.1) is 17.3 Å². The van der Waals surface area contributed by atoms with Crippen molar-refractivity contribution in [1.29, 1.82) is 0 Å². The first-order valence-corrected chi connectivity index (χ1v) is 8.59. The summed E-state index contributed by atoms with van der Waals surface area (Å²) in [6.45, 7) is 2.03. The van der Waals surface area contributed by atoms with Crippen molar-refractivity contribution in [3.63, 3.8) is 0 Å². The van der Waals surface area contributed by atoms with E-state index < -0.39 is 0 Å². The van der Waals surface area contributed by atoms with Gasteiger partial charge in [0.25, 0.3) is 0 Å². The lowest BCUT2D eigenvalue weighted by Gasteiger charge is -2.04. The summed E-state index contributed by atoms with van der Waals surface area (Å²) in [7, 11) is 1.89. The summed E-state index contributed by atoms with van der Waals surface area (Å²) >= 11 is 1.49. The summed E-state index contributed by atoms with van der Waals surface area (Å²) in [5, 5.41) is 19.4. The summed E-state index contributed by atoms with van der Waals surface area (Å²) in [5.74, 6) is 0.657. The first-order valence-electron chi connectivity index (χ1n) is 7.77. The van der Waals surface area contributed by atoms with Crippen LogP contribution in [0, 0.1) is 6.92 Å². The van der Waals surface area contributed by atoms with Crippen molar-refractivity contribution in [2.45, 2.75) is 6.92 Å². The number of nitrogens with zero attached hydrogens (tertiary/aromatic N) is 7. The van der Waals surface area contributed by atoms with E-state index >= 15 is 0 Å². The van der Waals surface area contributed by atoms with Gasteiger partial charge in [0, 0.05) is 18.6 Å². The predicted molar refractivity (Wildman–Crippen MR) is 96.3 cm³/mol. The van der Waals surface area contributed by atoms with Gasteiger partial charge in [-0.15, -0.1) is 10.2 Å². The van der Waals surface area contributed by atoms with Gasteiger partial charge in [-0.2, -0.15) is 14.7 Å². The van der Waals surface area contributed by atoms with Crippen LogP contribution in [0.3, 0.4) is 0 Å². The van der Waals surface area contributed by atoms with E-state index in [1.165, 1.54) is 11.3 Å². The Morgan fingerprint density at radius 3 is 2.84 bits per heavy atom. The molecule has 0 aliphatic carbocycles. The third kappa shape index (κ3) is 2.22. The number of para-hydroxylation sites is 1. The van der Waals surface area contributed by atoms with Crippen molar-refractivity contribution < 1.29 is 0 Å². The maximum Gasteiger partial charge on any atom is 0.235 e. The fourth-order valence-electron chi connectivity index (χ4n) is 2.86. The maximum absolute atomic E-state index is 4.78. The van der Waals surface area contributed by atoms with Crippen LogP contribution in [0.1, 0.15) is 5.56 Å². The zero-order valence-electron chi connectivity index (χ0n) is 13.6. The Labute approximate surface area is 146 Å².